The second-order valence-corrected chi connectivity index (χ2v) is 4.61. The van der Waals surface area contributed by atoms with Crippen molar-refractivity contribution < 1.29 is 0 Å². The lowest BCUT2D eigenvalue weighted by Crippen LogP contribution is -2.06. The lowest BCUT2D eigenvalue weighted by molar-refractivity contribution is 0.896. The number of fused-ring (bicyclic) bond motifs is 2. The van der Waals surface area contributed by atoms with E-state index in [9.17, 15) is 0 Å². The van der Waals surface area contributed by atoms with Crippen molar-refractivity contribution in [3.05, 3.63) is 52.6 Å². The van der Waals surface area contributed by atoms with Crippen LogP contribution in [0, 0.1) is 6.92 Å². The van der Waals surface area contributed by atoms with Crippen LogP contribution in [-0.4, -0.2) is 0 Å². The first-order valence-electron chi connectivity index (χ1n) is 5.83. The van der Waals surface area contributed by atoms with Crippen LogP contribution in [0.5, 0.6) is 0 Å². The van der Waals surface area contributed by atoms with Gasteiger partial charge in [-0.25, -0.2) is 0 Å². The van der Waals surface area contributed by atoms with Gasteiger partial charge in [0.25, 0.3) is 0 Å². The molecule has 0 saturated carbocycles. The van der Waals surface area contributed by atoms with Crippen molar-refractivity contribution in [3.63, 3.8) is 0 Å². The highest BCUT2D eigenvalue weighted by Crippen LogP contribution is 2.37. The summed E-state index contributed by atoms with van der Waals surface area (Å²) < 4.78 is 0. The molecule has 0 radical (unpaired) electrons. The molecule has 0 N–H and O–H groups in total. The zero-order valence-corrected chi connectivity index (χ0v) is 9.22. The Kier molecular flexibility index (Phi) is 2.02. The highest BCUT2D eigenvalue weighted by Gasteiger charge is 2.18. The summed E-state index contributed by atoms with van der Waals surface area (Å²) in [5.74, 6) is 0. The summed E-state index contributed by atoms with van der Waals surface area (Å²) in [5.41, 5.74) is 7.66. The molecule has 0 heterocycles. The first-order valence-corrected chi connectivity index (χ1v) is 5.83. The number of benzene rings is 1. The summed E-state index contributed by atoms with van der Waals surface area (Å²) in [4.78, 5) is 0. The second-order valence-electron chi connectivity index (χ2n) is 4.61. The molecule has 0 amide bonds. The number of rotatable bonds is 0. The summed E-state index contributed by atoms with van der Waals surface area (Å²) in [6, 6.07) is 6.92. The standard InChI is InChI=1S/C15H16/c1-11-6-7-13-9-8-12-4-2-3-5-14(12)15(13)10-11/h2,4,6-7,10H,3,5,8-9H2,1H3. The van der Waals surface area contributed by atoms with Crippen LogP contribution in [0.4, 0.5) is 0 Å². The van der Waals surface area contributed by atoms with E-state index >= 15 is 0 Å². The van der Waals surface area contributed by atoms with Crippen LogP contribution in [0.3, 0.4) is 0 Å². The Bertz CT molecular complexity index is 461. The van der Waals surface area contributed by atoms with Crippen LogP contribution in [0.1, 0.15) is 36.0 Å². The Labute approximate surface area is 91.3 Å². The first-order chi connectivity index (χ1) is 7.34. The maximum absolute atomic E-state index is 2.36. The van der Waals surface area contributed by atoms with Gasteiger partial charge in [0, 0.05) is 0 Å². The van der Waals surface area contributed by atoms with Gasteiger partial charge in [0.05, 0.1) is 0 Å². The molecule has 0 saturated heterocycles. The van der Waals surface area contributed by atoms with Gasteiger partial charge in [-0.1, -0.05) is 35.9 Å². The number of hydrogen-bond acceptors (Lipinski definition) is 0. The third-order valence-corrected chi connectivity index (χ3v) is 3.52. The quantitative estimate of drug-likeness (QED) is 0.587. The molecule has 2 aliphatic carbocycles. The normalized spacial score (nSPS) is 18.7. The summed E-state index contributed by atoms with van der Waals surface area (Å²) in [6.07, 6.45) is 9.57. The maximum atomic E-state index is 2.36. The van der Waals surface area contributed by atoms with E-state index in [1.807, 2.05) is 0 Å². The molecule has 0 bridgehead atoms. The van der Waals surface area contributed by atoms with Crippen LogP contribution in [-0.2, 0) is 6.42 Å². The first kappa shape index (κ1) is 8.96. The van der Waals surface area contributed by atoms with Crippen molar-refractivity contribution in [3.8, 4) is 0 Å². The fourth-order valence-corrected chi connectivity index (χ4v) is 2.71. The molecule has 0 unspecified atom stereocenters. The molecule has 0 spiro atoms. The van der Waals surface area contributed by atoms with E-state index in [0.717, 1.165) is 0 Å². The summed E-state index contributed by atoms with van der Waals surface area (Å²) >= 11 is 0. The fourth-order valence-electron chi connectivity index (χ4n) is 2.71. The average molecular weight is 196 g/mol. The molecular weight excluding hydrogens is 180 g/mol. The van der Waals surface area contributed by atoms with Crippen molar-refractivity contribution in [2.75, 3.05) is 0 Å². The van der Waals surface area contributed by atoms with Crippen molar-refractivity contribution in [2.24, 2.45) is 0 Å². The molecule has 0 fully saturated rings. The largest absolute Gasteiger partial charge is 0.0839 e. The molecule has 0 nitrogen and oxygen atoms in total. The molecule has 1 aromatic carbocycles. The molecular formula is C15H16. The molecule has 15 heavy (non-hydrogen) atoms. The third kappa shape index (κ3) is 1.45. The maximum Gasteiger partial charge on any atom is -0.0187 e. The zero-order chi connectivity index (χ0) is 10.3. The molecule has 2 aliphatic rings. The second kappa shape index (κ2) is 3.37. The predicted molar refractivity (Wildman–Crippen MR) is 64.8 cm³/mol. The van der Waals surface area contributed by atoms with E-state index in [-0.39, 0.29) is 0 Å². The molecule has 0 atom stereocenters. The Hall–Kier alpha value is -1.30. The Balaban J connectivity index is 2.19. The van der Waals surface area contributed by atoms with Crippen LogP contribution in [0.15, 0.2) is 35.9 Å². The van der Waals surface area contributed by atoms with Crippen LogP contribution < -0.4 is 0 Å². The fraction of sp³-hybridized carbons (Fsp3) is 0.333. The molecule has 0 heteroatoms. The van der Waals surface area contributed by atoms with Gasteiger partial charge in [-0.15, -0.1) is 0 Å². The minimum absolute atomic E-state index is 1.21. The summed E-state index contributed by atoms with van der Waals surface area (Å²) in [5, 5.41) is 0. The van der Waals surface area contributed by atoms with Gasteiger partial charge >= 0.3 is 0 Å². The smallest absolute Gasteiger partial charge is 0.0187 e. The average Bonchev–Trinajstić information content (AvgIpc) is 2.29. The Morgan fingerprint density at radius 3 is 2.93 bits per heavy atom. The SMILES string of the molecule is Cc1ccc2c(c1)C1=C(C=CCC1)CC2. The Morgan fingerprint density at radius 2 is 2.00 bits per heavy atom. The number of aryl methyl sites for hydroxylation is 2. The van der Waals surface area contributed by atoms with E-state index < -0.39 is 0 Å². The van der Waals surface area contributed by atoms with Gasteiger partial charge in [-0.3, -0.25) is 0 Å². The molecule has 76 valence electrons. The molecule has 0 aromatic heterocycles. The molecule has 3 rings (SSSR count). The van der Waals surface area contributed by atoms with Gasteiger partial charge in [-0.2, -0.15) is 0 Å². The van der Waals surface area contributed by atoms with Gasteiger partial charge in [0.15, 0.2) is 0 Å². The van der Waals surface area contributed by atoms with E-state index in [4.69, 9.17) is 0 Å². The zero-order valence-electron chi connectivity index (χ0n) is 9.22. The predicted octanol–water partition coefficient (Wildman–Crippen LogP) is 4.04. The highest BCUT2D eigenvalue weighted by molar-refractivity contribution is 5.76. The lowest BCUT2D eigenvalue weighted by atomic mass is 9.81. The van der Waals surface area contributed by atoms with E-state index in [1.54, 1.807) is 16.7 Å². The summed E-state index contributed by atoms with van der Waals surface area (Å²) in [6.45, 7) is 2.19. The summed E-state index contributed by atoms with van der Waals surface area (Å²) in [7, 11) is 0. The van der Waals surface area contributed by atoms with Gasteiger partial charge in [-0.05, 0) is 54.9 Å². The van der Waals surface area contributed by atoms with E-state index in [2.05, 4.69) is 37.3 Å². The monoisotopic (exact) mass is 196 g/mol. The van der Waals surface area contributed by atoms with Crippen molar-refractivity contribution in [1.82, 2.24) is 0 Å². The lowest BCUT2D eigenvalue weighted by Gasteiger charge is -2.24. The van der Waals surface area contributed by atoms with Gasteiger partial charge < -0.3 is 0 Å². The highest BCUT2D eigenvalue weighted by atomic mass is 14.2. The number of allylic oxidation sites excluding steroid dienone is 4. The van der Waals surface area contributed by atoms with Gasteiger partial charge in [0.1, 0.15) is 0 Å². The molecule has 1 aromatic rings. The van der Waals surface area contributed by atoms with Gasteiger partial charge in [0.2, 0.25) is 0 Å². The van der Waals surface area contributed by atoms with Crippen LogP contribution in [0.25, 0.3) is 5.57 Å². The molecule has 0 aliphatic heterocycles. The number of hydrogen-bond donors (Lipinski definition) is 0. The Morgan fingerprint density at radius 1 is 1.07 bits per heavy atom. The minimum Gasteiger partial charge on any atom is -0.0839 e. The van der Waals surface area contributed by atoms with Crippen LogP contribution in [0.2, 0.25) is 0 Å². The topological polar surface area (TPSA) is 0 Å². The van der Waals surface area contributed by atoms with Crippen molar-refractivity contribution in [1.29, 1.82) is 0 Å². The third-order valence-electron chi connectivity index (χ3n) is 3.52. The van der Waals surface area contributed by atoms with Crippen molar-refractivity contribution in [2.45, 2.75) is 32.6 Å². The van der Waals surface area contributed by atoms with E-state index in [0.29, 0.717) is 0 Å². The van der Waals surface area contributed by atoms with Crippen LogP contribution >= 0.6 is 0 Å². The van der Waals surface area contributed by atoms with Crippen molar-refractivity contribution >= 4 is 5.57 Å². The van der Waals surface area contributed by atoms with E-state index in [1.165, 1.54) is 36.8 Å². The minimum atomic E-state index is 1.21.